The Bertz CT molecular complexity index is 525. The Morgan fingerprint density at radius 1 is 1.40 bits per heavy atom. The second-order valence-electron chi connectivity index (χ2n) is 5.79. The van der Waals surface area contributed by atoms with E-state index in [1.165, 1.54) is 24.2 Å². The van der Waals surface area contributed by atoms with Gasteiger partial charge < -0.3 is 5.32 Å². The quantitative estimate of drug-likeness (QED) is 0.848. The van der Waals surface area contributed by atoms with Crippen LogP contribution in [0.2, 0.25) is 0 Å². The first-order valence-electron chi connectivity index (χ1n) is 7.23. The zero-order valence-corrected chi connectivity index (χ0v) is 13.8. The van der Waals surface area contributed by atoms with E-state index in [9.17, 15) is 8.42 Å². The van der Waals surface area contributed by atoms with Crippen LogP contribution in [-0.2, 0) is 16.6 Å². The number of hydrogen-bond acceptors (Lipinski definition) is 4. The molecule has 0 amide bonds. The monoisotopic (exact) mass is 316 g/mol. The molecular formula is C14H24N2O2S2. The largest absolute Gasteiger partial charge is 0.316 e. The van der Waals surface area contributed by atoms with E-state index in [2.05, 4.69) is 17.0 Å². The van der Waals surface area contributed by atoms with Crippen molar-refractivity contribution >= 4 is 21.4 Å². The molecule has 1 saturated carbocycles. The van der Waals surface area contributed by atoms with E-state index < -0.39 is 10.0 Å². The number of sulfonamides is 1. The normalized spacial score (nSPS) is 23.9. The molecule has 1 aromatic heterocycles. The van der Waals surface area contributed by atoms with Crippen LogP contribution in [-0.4, -0.2) is 22.0 Å². The third-order valence-corrected chi connectivity index (χ3v) is 6.79. The molecule has 20 heavy (non-hydrogen) atoms. The first-order chi connectivity index (χ1) is 9.51. The third kappa shape index (κ3) is 4.28. The van der Waals surface area contributed by atoms with Crippen LogP contribution in [0.3, 0.4) is 0 Å². The summed E-state index contributed by atoms with van der Waals surface area (Å²) in [6.07, 6.45) is 4.78. The van der Waals surface area contributed by atoms with E-state index in [-0.39, 0.29) is 0 Å². The lowest BCUT2D eigenvalue weighted by Gasteiger charge is -2.26. The van der Waals surface area contributed by atoms with E-state index in [1.54, 1.807) is 6.07 Å². The third-order valence-electron chi connectivity index (χ3n) is 3.88. The zero-order chi connectivity index (χ0) is 14.6. The molecule has 2 unspecified atom stereocenters. The molecule has 2 rings (SSSR count). The highest BCUT2D eigenvalue weighted by molar-refractivity contribution is 7.91. The van der Waals surface area contributed by atoms with Crippen molar-refractivity contribution in [3.63, 3.8) is 0 Å². The first kappa shape index (κ1) is 15.9. The number of thiophene rings is 1. The van der Waals surface area contributed by atoms with Crippen molar-refractivity contribution in [1.29, 1.82) is 0 Å². The second kappa shape index (κ2) is 7.02. The van der Waals surface area contributed by atoms with Crippen LogP contribution in [0.15, 0.2) is 15.7 Å². The molecule has 0 aliphatic heterocycles. The highest BCUT2D eigenvalue weighted by Gasteiger charge is 2.22. The van der Waals surface area contributed by atoms with E-state index in [1.807, 2.05) is 12.4 Å². The predicted octanol–water partition coefficient (Wildman–Crippen LogP) is 2.57. The molecule has 1 heterocycles. The molecule has 0 saturated heterocycles. The van der Waals surface area contributed by atoms with Gasteiger partial charge in [-0.1, -0.05) is 19.8 Å². The van der Waals surface area contributed by atoms with Gasteiger partial charge in [0.05, 0.1) is 0 Å². The van der Waals surface area contributed by atoms with Gasteiger partial charge in [-0.2, -0.15) is 0 Å². The molecule has 1 fully saturated rings. The lowest BCUT2D eigenvalue weighted by atomic mass is 9.83. The van der Waals surface area contributed by atoms with Crippen LogP contribution in [0, 0.1) is 11.8 Å². The average molecular weight is 316 g/mol. The van der Waals surface area contributed by atoms with Gasteiger partial charge in [0.1, 0.15) is 4.21 Å². The fraction of sp³-hybridized carbons (Fsp3) is 0.714. The molecule has 0 radical (unpaired) electrons. The van der Waals surface area contributed by atoms with Crippen molar-refractivity contribution in [2.24, 2.45) is 11.8 Å². The molecule has 1 aliphatic carbocycles. The maximum Gasteiger partial charge on any atom is 0.250 e. The van der Waals surface area contributed by atoms with Crippen LogP contribution in [0.4, 0.5) is 0 Å². The predicted molar refractivity (Wildman–Crippen MR) is 83.4 cm³/mol. The molecule has 0 spiro atoms. The van der Waals surface area contributed by atoms with Crippen LogP contribution < -0.4 is 10.0 Å². The fourth-order valence-corrected chi connectivity index (χ4v) is 5.20. The molecule has 2 N–H and O–H groups in total. The van der Waals surface area contributed by atoms with Crippen LogP contribution in [0.5, 0.6) is 0 Å². The van der Waals surface area contributed by atoms with Crippen LogP contribution >= 0.6 is 11.3 Å². The van der Waals surface area contributed by atoms with Crippen LogP contribution in [0.25, 0.3) is 0 Å². The highest BCUT2D eigenvalue weighted by atomic mass is 32.2. The molecule has 1 aliphatic rings. The van der Waals surface area contributed by atoms with E-state index in [0.29, 0.717) is 23.2 Å². The minimum atomic E-state index is -3.33. The van der Waals surface area contributed by atoms with Gasteiger partial charge in [-0.15, -0.1) is 11.3 Å². The number of nitrogens with one attached hydrogen (secondary N) is 2. The van der Waals surface area contributed by atoms with Gasteiger partial charge >= 0.3 is 0 Å². The molecule has 0 bridgehead atoms. The van der Waals surface area contributed by atoms with Gasteiger partial charge in [0.15, 0.2) is 0 Å². The molecule has 0 aromatic carbocycles. The van der Waals surface area contributed by atoms with Gasteiger partial charge in [-0.05, 0) is 48.7 Å². The molecular weight excluding hydrogens is 292 g/mol. The molecule has 1 aromatic rings. The molecule has 6 heteroatoms. The lowest BCUT2D eigenvalue weighted by Crippen LogP contribution is -2.31. The van der Waals surface area contributed by atoms with Gasteiger partial charge in [0.2, 0.25) is 10.0 Å². The van der Waals surface area contributed by atoms with Crippen molar-refractivity contribution < 1.29 is 8.42 Å². The Balaban J connectivity index is 1.92. The van der Waals surface area contributed by atoms with Crippen molar-refractivity contribution in [1.82, 2.24) is 10.0 Å². The van der Waals surface area contributed by atoms with Gasteiger partial charge in [0, 0.05) is 13.1 Å². The minimum absolute atomic E-state index is 0.423. The standard InChI is InChI=1S/C14H24N2O2S2/c1-11-4-3-5-12(6-11)9-16-20(17,18)14-7-13(8-15-2)10-19-14/h7,10-12,15-16H,3-6,8-9H2,1-2H3. The Labute approximate surface area is 126 Å². The zero-order valence-electron chi connectivity index (χ0n) is 12.2. The summed E-state index contributed by atoms with van der Waals surface area (Å²) in [5, 5.41) is 4.93. The summed E-state index contributed by atoms with van der Waals surface area (Å²) in [6, 6.07) is 1.76. The van der Waals surface area contributed by atoms with Crippen molar-refractivity contribution in [2.45, 2.75) is 43.4 Å². The Morgan fingerprint density at radius 2 is 2.20 bits per heavy atom. The van der Waals surface area contributed by atoms with E-state index >= 15 is 0 Å². The minimum Gasteiger partial charge on any atom is -0.316 e. The number of rotatable bonds is 6. The molecule has 4 nitrogen and oxygen atoms in total. The Hall–Kier alpha value is -0.430. The lowest BCUT2D eigenvalue weighted by molar-refractivity contribution is 0.283. The van der Waals surface area contributed by atoms with Gasteiger partial charge in [-0.3, -0.25) is 0 Å². The maximum absolute atomic E-state index is 12.3. The van der Waals surface area contributed by atoms with Crippen molar-refractivity contribution in [2.75, 3.05) is 13.6 Å². The van der Waals surface area contributed by atoms with E-state index in [4.69, 9.17) is 0 Å². The fourth-order valence-electron chi connectivity index (χ4n) is 2.83. The Kier molecular flexibility index (Phi) is 5.60. The summed E-state index contributed by atoms with van der Waals surface area (Å²) in [6.45, 7) is 3.53. The second-order valence-corrected chi connectivity index (χ2v) is 8.70. The van der Waals surface area contributed by atoms with Gasteiger partial charge in [-0.25, -0.2) is 13.1 Å². The summed E-state index contributed by atoms with van der Waals surface area (Å²) >= 11 is 1.29. The SMILES string of the molecule is CNCc1csc(S(=O)(=O)NCC2CCCC(C)C2)c1. The van der Waals surface area contributed by atoms with Crippen molar-refractivity contribution in [3.05, 3.63) is 17.0 Å². The van der Waals surface area contributed by atoms with Crippen LogP contribution in [0.1, 0.15) is 38.2 Å². The van der Waals surface area contributed by atoms with Gasteiger partial charge in [0.25, 0.3) is 0 Å². The molecule has 114 valence electrons. The summed E-state index contributed by atoms with van der Waals surface area (Å²) in [5.74, 6) is 1.22. The Morgan fingerprint density at radius 3 is 2.90 bits per heavy atom. The number of hydrogen-bond donors (Lipinski definition) is 2. The first-order valence-corrected chi connectivity index (χ1v) is 9.59. The topological polar surface area (TPSA) is 58.2 Å². The summed E-state index contributed by atoms with van der Waals surface area (Å²) in [4.78, 5) is 0. The average Bonchev–Trinajstić information content (AvgIpc) is 2.87. The highest BCUT2D eigenvalue weighted by Crippen LogP contribution is 2.28. The summed E-state index contributed by atoms with van der Waals surface area (Å²) < 4.78 is 27.7. The summed E-state index contributed by atoms with van der Waals surface area (Å²) in [7, 11) is -1.48. The molecule has 2 atom stereocenters. The van der Waals surface area contributed by atoms with E-state index in [0.717, 1.165) is 24.3 Å². The smallest absolute Gasteiger partial charge is 0.250 e. The maximum atomic E-state index is 12.3. The van der Waals surface area contributed by atoms with Crippen molar-refractivity contribution in [3.8, 4) is 0 Å². The summed E-state index contributed by atoms with van der Waals surface area (Å²) in [5.41, 5.74) is 1.02.